The number of Topliss-reactive ketones (excluding diaryl/α,β-unsaturated/α-hetero) is 1. The van der Waals surface area contributed by atoms with Crippen molar-refractivity contribution in [3.63, 3.8) is 0 Å². The van der Waals surface area contributed by atoms with Crippen LogP contribution in [0.1, 0.15) is 151 Å². The lowest BCUT2D eigenvalue weighted by atomic mass is 9.34. The molecule has 1 heterocycles. The Morgan fingerprint density at radius 3 is 2.30 bits per heavy atom. The van der Waals surface area contributed by atoms with Crippen LogP contribution in [0.5, 0.6) is 0 Å². The number of aliphatic hydroxyl groups excluding tert-OH is 1. The maximum atomic E-state index is 14.2. The Labute approximate surface area is 338 Å². The second-order valence-corrected chi connectivity index (χ2v) is 22.2. The number of allylic oxidation sites excluding steroid dienone is 1. The van der Waals surface area contributed by atoms with Crippen molar-refractivity contribution < 1.29 is 29.0 Å². The molecule has 310 valence electrons. The molecular weight excluding hydrogens is 699 g/mol. The van der Waals surface area contributed by atoms with Crippen molar-refractivity contribution in [3.05, 3.63) is 46.5 Å². The first-order chi connectivity index (χ1) is 26.1. The van der Waals surface area contributed by atoms with Crippen molar-refractivity contribution in [2.45, 2.75) is 171 Å². The second kappa shape index (κ2) is 14.3. The third-order valence-electron chi connectivity index (χ3n) is 17.1. The predicted molar refractivity (Wildman–Crippen MR) is 220 cm³/mol. The van der Waals surface area contributed by atoms with Crippen LogP contribution in [-0.2, 0) is 36.8 Å². The number of hydrogen-bond donors (Lipinski definition) is 1. The predicted octanol–water partition coefficient (Wildman–Crippen LogP) is 9.67. The van der Waals surface area contributed by atoms with E-state index in [9.17, 15) is 19.5 Å². The van der Waals surface area contributed by atoms with Gasteiger partial charge in [0.2, 0.25) is 0 Å². The third kappa shape index (κ3) is 6.75. The summed E-state index contributed by atoms with van der Waals surface area (Å²) >= 11 is 0. The van der Waals surface area contributed by atoms with E-state index in [2.05, 4.69) is 70.7 Å². The van der Waals surface area contributed by atoms with Crippen molar-refractivity contribution in [2.24, 2.45) is 56.7 Å². The first kappa shape index (κ1) is 41.6. The number of ether oxygens (including phenoxy) is 2. The zero-order valence-corrected chi connectivity index (χ0v) is 36.7. The van der Waals surface area contributed by atoms with E-state index in [0.29, 0.717) is 30.7 Å². The molecule has 0 aromatic heterocycles. The summed E-state index contributed by atoms with van der Waals surface area (Å²) < 4.78 is 11.9. The van der Waals surface area contributed by atoms with Gasteiger partial charge in [-0.25, -0.2) is 0 Å². The van der Waals surface area contributed by atoms with Crippen LogP contribution in [-0.4, -0.2) is 58.6 Å². The maximum Gasteiger partial charge on any atom is 0.312 e. The summed E-state index contributed by atoms with van der Waals surface area (Å²) in [6.45, 7) is 25.9. The van der Waals surface area contributed by atoms with Gasteiger partial charge in [-0.2, -0.15) is 0 Å². The Hall–Kier alpha value is -2.51. The van der Waals surface area contributed by atoms with E-state index >= 15 is 0 Å². The largest absolute Gasteiger partial charge is 0.462 e. The van der Waals surface area contributed by atoms with Crippen molar-refractivity contribution in [2.75, 3.05) is 13.1 Å². The Morgan fingerprint density at radius 2 is 1.62 bits per heavy atom. The molecule has 0 radical (unpaired) electrons. The molecule has 4 saturated carbocycles. The molecule has 0 spiro atoms. The lowest BCUT2D eigenvalue weighted by Crippen LogP contribution is -2.65. The van der Waals surface area contributed by atoms with Gasteiger partial charge < -0.3 is 14.6 Å². The molecule has 56 heavy (non-hydrogen) atoms. The van der Waals surface area contributed by atoms with Gasteiger partial charge in [-0.3, -0.25) is 19.3 Å². The van der Waals surface area contributed by atoms with Gasteiger partial charge in [-0.15, -0.1) is 0 Å². The lowest BCUT2D eigenvalue weighted by molar-refractivity contribution is -0.218. The van der Waals surface area contributed by atoms with E-state index in [0.717, 1.165) is 76.5 Å². The summed E-state index contributed by atoms with van der Waals surface area (Å²) in [6, 6.07) is 8.70. The van der Waals surface area contributed by atoms with Gasteiger partial charge in [0, 0.05) is 31.5 Å². The van der Waals surface area contributed by atoms with Crippen LogP contribution in [0.15, 0.2) is 35.4 Å². The fourth-order valence-electron chi connectivity index (χ4n) is 14.0. The van der Waals surface area contributed by atoms with E-state index in [1.807, 2.05) is 20.8 Å². The molecule has 1 aromatic carbocycles. The van der Waals surface area contributed by atoms with Crippen LogP contribution >= 0.6 is 0 Å². The van der Waals surface area contributed by atoms with Crippen molar-refractivity contribution in [1.29, 1.82) is 0 Å². The topological polar surface area (TPSA) is 93.1 Å². The molecule has 0 saturated heterocycles. The minimum Gasteiger partial charge on any atom is -0.462 e. The average Bonchev–Trinajstić information content (AvgIpc) is 3.42. The molecule has 1 aromatic rings. The van der Waals surface area contributed by atoms with E-state index in [1.54, 1.807) is 13.8 Å². The first-order valence-electron chi connectivity index (χ1n) is 22.2. The molecule has 6 aliphatic rings. The fraction of sp³-hybridized carbons (Fsp3) is 0.776. The molecule has 5 aliphatic carbocycles. The number of esters is 2. The summed E-state index contributed by atoms with van der Waals surface area (Å²) in [6.07, 6.45) is 8.94. The maximum absolute atomic E-state index is 14.2. The van der Waals surface area contributed by atoms with Gasteiger partial charge in [0.25, 0.3) is 0 Å². The number of aliphatic hydroxyl groups is 1. The minimum absolute atomic E-state index is 0.00635. The summed E-state index contributed by atoms with van der Waals surface area (Å²) in [7, 11) is 0. The number of β-amino-alcohol motifs (C(OH)–C–C–N with tert-alkyl or cyclic N) is 1. The number of fused-ring (bicyclic) bond motifs is 8. The van der Waals surface area contributed by atoms with Crippen LogP contribution in [0.4, 0.5) is 0 Å². The summed E-state index contributed by atoms with van der Waals surface area (Å²) in [5, 5.41) is 12.5. The van der Waals surface area contributed by atoms with Crippen LogP contribution in [0.2, 0.25) is 0 Å². The highest BCUT2D eigenvalue weighted by Gasteiger charge is 2.70. The Kier molecular flexibility index (Phi) is 10.7. The second-order valence-electron chi connectivity index (χ2n) is 22.2. The van der Waals surface area contributed by atoms with E-state index in [-0.39, 0.29) is 58.3 Å². The molecule has 0 amide bonds. The van der Waals surface area contributed by atoms with Crippen LogP contribution in [0.3, 0.4) is 0 Å². The Balaban J connectivity index is 1.10. The van der Waals surface area contributed by atoms with Crippen molar-refractivity contribution in [3.8, 4) is 0 Å². The number of carbonyl (C=O) groups excluding carboxylic acids is 3. The van der Waals surface area contributed by atoms with Gasteiger partial charge in [-0.05, 0) is 155 Å². The standard InChI is InChI=1S/C49H73NO6/c1-30(2)41-36(51)26-49(39(52)29-50-25-20-32-14-12-13-15-33(32)28-50)24-23-47(10)35(42(41)49)16-17-38-46(9)21-19-37(31(3)34(46)18-22-48(38,47)11)55-40(53)27-45(7,8)43(54)56-44(4,5)6/h12-15,30-31,34-35,37-39,52H,16-29H2,1-11H3/t31-,34+,35-,37+,38-,39+,46+,47-,48-,49+/m1/s1. The molecule has 1 aliphatic heterocycles. The highest BCUT2D eigenvalue weighted by Crippen LogP contribution is 2.76. The number of benzene rings is 1. The molecule has 0 bridgehead atoms. The minimum atomic E-state index is -0.959. The quantitative estimate of drug-likeness (QED) is 0.263. The average molecular weight is 772 g/mol. The van der Waals surface area contributed by atoms with E-state index in [4.69, 9.17) is 9.47 Å². The van der Waals surface area contributed by atoms with Gasteiger partial charge >= 0.3 is 11.9 Å². The van der Waals surface area contributed by atoms with Crippen LogP contribution in [0.25, 0.3) is 0 Å². The normalized spacial score (nSPS) is 37.9. The summed E-state index contributed by atoms with van der Waals surface area (Å²) in [4.78, 5) is 43.0. The molecule has 4 fully saturated rings. The lowest BCUT2D eigenvalue weighted by Gasteiger charge is -2.71. The molecule has 7 heteroatoms. The number of nitrogens with zero attached hydrogens (tertiary/aromatic N) is 1. The Morgan fingerprint density at radius 1 is 0.929 bits per heavy atom. The van der Waals surface area contributed by atoms with E-state index in [1.165, 1.54) is 16.7 Å². The van der Waals surface area contributed by atoms with Gasteiger partial charge in [-0.1, -0.05) is 71.4 Å². The molecule has 1 N–H and O–H groups in total. The third-order valence-corrected chi connectivity index (χ3v) is 17.1. The fourth-order valence-corrected chi connectivity index (χ4v) is 14.0. The first-order valence-corrected chi connectivity index (χ1v) is 22.2. The number of rotatable bonds is 8. The number of hydrogen-bond acceptors (Lipinski definition) is 7. The van der Waals surface area contributed by atoms with Gasteiger partial charge in [0.05, 0.1) is 17.9 Å². The molecule has 7 nitrogen and oxygen atoms in total. The zero-order chi connectivity index (χ0) is 40.8. The van der Waals surface area contributed by atoms with Gasteiger partial charge in [0.15, 0.2) is 5.78 Å². The number of carbonyl (C=O) groups is 3. The van der Waals surface area contributed by atoms with Crippen molar-refractivity contribution >= 4 is 17.7 Å². The smallest absolute Gasteiger partial charge is 0.312 e. The molecule has 10 atom stereocenters. The highest BCUT2D eigenvalue weighted by molar-refractivity contribution is 6.00. The highest BCUT2D eigenvalue weighted by atomic mass is 16.6. The van der Waals surface area contributed by atoms with Crippen LogP contribution in [0, 0.1) is 56.7 Å². The number of ketones is 1. The SMILES string of the molecule is CC(C)C1=C2[C@H]3CC[C@@H]4[C@@]5(C)CC[C@H](OC(=O)CC(C)(C)C(=O)OC(C)(C)C)[C@H](C)[C@@H]5CC[C@@]4(C)[C@]3(C)CC[C@@]2([C@@H](O)CN2CCc3ccccc3C2)CC1=O. The van der Waals surface area contributed by atoms with E-state index < -0.39 is 22.5 Å². The van der Waals surface area contributed by atoms with Crippen molar-refractivity contribution in [1.82, 2.24) is 4.90 Å². The monoisotopic (exact) mass is 772 g/mol. The van der Waals surface area contributed by atoms with Crippen LogP contribution < -0.4 is 0 Å². The Bertz CT molecular complexity index is 1750. The summed E-state index contributed by atoms with van der Waals surface area (Å²) in [5.41, 5.74) is 3.36. The zero-order valence-electron chi connectivity index (χ0n) is 36.7. The molecular formula is C49H73NO6. The summed E-state index contributed by atoms with van der Waals surface area (Å²) in [5.74, 6) is 1.24. The van der Waals surface area contributed by atoms with Gasteiger partial charge in [0.1, 0.15) is 11.7 Å². The molecule has 0 unspecified atom stereocenters. The molecule has 7 rings (SSSR count).